The number of hydrogen-bond acceptors (Lipinski definition) is 4. The van der Waals surface area contributed by atoms with Gasteiger partial charge in [0.2, 0.25) is 5.91 Å². The summed E-state index contributed by atoms with van der Waals surface area (Å²) in [6.45, 7) is 6.64. The van der Waals surface area contributed by atoms with E-state index in [1.165, 1.54) is 6.42 Å². The number of nitrogens with zero attached hydrogens (tertiary/aromatic N) is 3. The molecule has 0 aliphatic carbocycles. The molecule has 2 aliphatic rings. The van der Waals surface area contributed by atoms with Crippen molar-refractivity contribution in [1.29, 1.82) is 0 Å². The Labute approximate surface area is 154 Å². The number of hydrogen-bond donors (Lipinski definition) is 2. The van der Waals surface area contributed by atoms with Gasteiger partial charge in [0.15, 0.2) is 0 Å². The first-order chi connectivity index (χ1) is 12.6. The van der Waals surface area contributed by atoms with Gasteiger partial charge in [0.25, 0.3) is 0 Å². The van der Waals surface area contributed by atoms with E-state index in [2.05, 4.69) is 29.7 Å². The highest BCUT2D eigenvalue weighted by molar-refractivity contribution is 5.80. The summed E-state index contributed by atoms with van der Waals surface area (Å²) in [4.78, 5) is 19.1. The average Bonchev–Trinajstić information content (AvgIpc) is 3.30. The van der Waals surface area contributed by atoms with Gasteiger partial charge in [-0.3, -0.25) is 15.6 Å². The Kier molecular flexibility index (Phi) is 4.96. The second-order valence-corrected chi connectivity index (χ2v) is 8.06. The molecular formula is C20H29N5O. The van der Waals surface area contributed by atoms with Crippen LogP contribution in [-0.2, 0) is 11.3 Å². The minimum atomic E-state index is 0.198. The summed E-state index contributed by atoms with van der Waals surface area (Å²) in [5.41, 5.74) is 8.90. The van der Waals surface area contributed by atoms with Gasteiger partial charge in [-0.25, -0.2) is 4.98 Å². The van der Waals surface area contributed by atoms with Gasteiger partial charge in [-0.15, -0.1) is 0 Å². The molecule has 2 aromatic rings. The second kappa shape index (κ2) is 7.37. The number of para-hydroxylation sites is 2. The number of amides is 1. The monoisotopic (exact) mass is 355 g/mol. The zero-order valence-corrected chi connectivity index (χ0v) is 15.7. The molecule has 0 bridgehead atoms. The predicted octanol–water partition coefficient (Wildman–Crippen LogP) is 2.17. The number of likely N-dealkylation sites (tertiary alicyclic amines) is 1. The smallest absolute Gasteiger partial charge is 0.242 e. The van der Waals surface area contributed by atoms with Crippen LogP contribution in [0.1, 0.15) is 33.1 Å². The summed E-state index contributed by atoms with van der Waals surface area (Å²) in [7, 11) is 0. The van der Waals surface area contributed by atoms with E-state index in [9.17, 15) is 4.79 Å². The lowest BCUT2D eigenvalue weighted by Gasteiger charge is -2.34. The van der Waals surface area contributed by atoms with Gasteiger partial charge in [0.05, 0.1) is 17.4 Å². The fourth-order valence-corrected chi connectivity index (χ4v) is 4.29. The molecule has 0 radical (unpaired) electrons. The third-order valence-electron chi connectivity index (χ3n) is 6.06. The van der Waals surface area contributed by atoms with Crippen molar-refractivity contribution in [3.8, 4) is 0 Å². The zero-order valence-electron chi connectivity index (χ0n) is 15.7. The van der Waals surface area contributed by atoms with Crippen molar-refractivity contribution in [2.75, 3.05) is 13.1 Å². The quantitative estimate of drug-likeness (QED) is 0.882. The molecule has 2 atom stereocenters. The summed E-state index contributed by atoms with van der Waals surface area (Å²) in [6, 6.07) is 9.07. The van der Waals surface area contributed by atoms with Crippen molar-refractivity contribution in [3.05, 3.63) is 30.6 Å². The lowest BCUT2D eigenvalue weighted by atomic mass is 9.85. The third kappa shape index (κ3) is 3.48. The molecule has 6 heteroatoms. The summed E-state index contributed by atoms with van der Waals surface area (Å²) in [6.07, 6.45) is 5.13. The van der Waals surface area contributed by atoms with Crippen LogP contribution in [0.2, 0.25) is 0 Å². The maximum atomic E-state index is 12.7. The van der Waals surface area contributed by atoms with Gasteiger partial charge < -0.3 is 9.47 Å². The van der Waals surface area contributed by atoms with Crippen LogP contribution in [-0.4, -0.2) is 45.5 Å². The summed E-state index contributed by atoms with van der Waals surface area (Å²) in [5.74, 6) is 1.51. The Hall–Kier alpha value is -1.92. The van der Waals surface area contributed by atoms with Gasteiger partial charge in [0.1, 0.15) is 6.54 Å². The fraction of sp³-hybridized carbons (Fsp3) is 0.600. The summed E-state index contributed by atoms with van der Waals surface area (Å²) in [5, 5.41) is 0. The van der Waals surface area contributed by atoms with Gasteiger partial charge in [-0.1, -0.05) is 26.0 Å². The number of imidazole rings is 1. The van der Waals surface area contributed by atoms with E-state index in [1.807, 2.05) is 33.7 Å². The number of carbonyl (C=O) groups excluding carboxylic acids is 1. The zero-order chi connectivity index (χ0) is 18.1. The predicted molar refractivity (Wildman–Crippen MR) is 102 cm³/mol. The molecule has 1 aromatic carbocycles. The molecule has 2 saturated heterocycles. The van der Waals surface area contributed by atoms with Crippen molar-refractivity contribution >= 4 is 16.9 Å². The molecule has 2 fully saturated rings. The Balaban J connectivity index is 1.31. The Morgan fingerprint density at radius 2 is 2.00 bits per heavy atom. The Morgan fingerprint density at radius 1 is 1.23 bits per heavy atom. The number of fused-ring (bicyclic) bond motifs is 1. The van der Waals surface area contributed by atoms with Crippen molar-refractivity contribution in [3.63, 3.8) is 0 Å². The molecule has 0 spiro atoms. The first-order valence-electron chi connectivity index (χ1n) is 9.80. The number of piperidine rings is 1. The first kappa shape index (κ1) is 17.5. The molecular weight excluding hydrogens is 326 g/mol. The van der Waals surface area contributed by atoms with Gasteiger partial charge in [-0.05, 0) is 43.2 Å². The van der Waals surface area contributed by atoms with E-state index >= 15 is 0 Å². The van der Waals surface area contributed by atoms with Crippen LogP contribution in [0, 0.1) is 11.8 Å². The van der Waals surface area contributed by atoms with E-state index in [0.29, 0.717) is 30.5 Å². The highest BCUT2D eigenvalue weighted by Crippen LogP contribution is 2.27. The second-order valence-electron chi connectivity index (χ2n) is 8.06. The fourth-order valence-electron chi connectivity index (χ4n) is 4.29. The molecule has 2 N–H and O–H groups in total. The van der Waals surface area contributed by atoms with Crippen LogP contribution in [0.4, 0.5) is 0 Å². The molecule has 2 unspecified atom stereocenters. The van der Waals surface area contributed by atoms with Crippen LogP contribution >= 0.6 is 0 Å². The van der Waals surface area contributed by atoms with Crippen LogP contribution in [0.15, 0.2) is 30.6 Å². The summed E-state index contributed by atoms with van der Waals surface area (Å²) >= 11 is 0. The lowest BCUT2D eigenvalue weighted by Crippen LogP contribution is -2.45. The van der Waals surface area contributed by atoms with Gasteiger partial charge in [0, 0.05) is 25.2 Å². The highest BCUT2D eigenvalue weighted by Gasteiger charge is 2.34. The van der Waals surface area contributed by atoms with E-state index in [1.54, 1.807) is 6.33 Å². The van der Waals surface area contributed by atoms with Crippen LogP contribution in [0.25, 0.3) is 11.0 Å². The van der Waals surface area contributed by atoms with E-state index in [4.69, 9.17) is 0 Å². The molecule has 1 amide bonds. The van der Waals surface area contributed by atoms with Crippen LogP contribution < -0.4 is 10.9 Å². The molecule has 4 rings (SSSR count). The largest absolute Gasteiger partial charge is 0.341 e. The van der Waals surface area contributed by atoms with Gasteiger partial charge >= 0.3 is 0 Å². The van der Waals surface area contributed by atoms with E-state index < -0.39 is 0 Å². The molecule has 0 saturated carbocycles. The molecule has 26 heavy (non-hydrogen) atoms. The number of aromatic nitrogens is 2. The molecule has 1 aromatic heterocycles. The van der Waals surface area contributed by atoms with Crippen molar-refractivity contribution in [2.24, 2.45) is 11.8 Å². The Morgan fingerprint density at radius 3 is 2.73 bits per heavy atom. The standard InChI is InChI=1S/C20H29N5O/c1-14(2)17-11-18(23-22-17)15-7-9-24(10-8-15)20(26)12-25-13-21-16-5-3-4-6-19(16)25/h3-6,13-15,17-18,22-23H,7-12H2,1-2H3. The SMILES string of the molecule is CC(C)C1CC(C2CCN(C(=O)Cn3cnc4ccccc43)CC2)NN1. The normalized spacial score (nSPS) is 24.7. The van der Waals surface area contributed by atoms with Crippen molar-refractivity contribution in [1.82, 2.24) is 25.3 Å². The average molecular weight is 355 g/mol. The molecule has 2 aliphatic heterocycles. The molecule has 140 valence electrons. The minimum absolute atomic E-state index is 0.198. The maximum absolute atomic E-state index is 12.7. The van der Waals surface area contributed by atoms with Crippen molar-refractivity contribution in [2.45, 2.75) is 51.7 Å². The van der Waals surface area contributed by atoms with Crippen LogP contribution in [0.3, 0.4) is 0 Å². The highest BCUT2D eigenvalue weighted by atomic mass is 16.2. The Bertz CT molecular complexity index is 762. The number of rotatable bonds is 4. The topological polar surface area (TPSA) is 62.2 Å². The molecule has 3 heterocycles. The van der Waals surface area contributed by atoms with E-state index in [-0.39, 0.29) is 5.91 Å². The molecule has 6 nitrogen and oxygen atoms in total. The third-order valence-corrected chi connectivity index (χ3v) is 6.06. The number of nitrogens with one attached hydrogen (secondary N) is 2. The first-order valence-corrected chi connectivity index (χ1v) is 9.80. The number of benzene rings is 1. The summed E-state index contributed by atoms with van der Waals surface area (Å²) < 4.78 is 1.96. The van der Waals surface area contributed by atoms with E-state index in [0.717, 1.165) is 37.0 Å². The number of carbonyl (C=O) groups is 1. The van der Waals surface area contributed by atoms with Gasteiger partial charge in [-0.2, -0.15) is 0 Å². The maximum Gasteiger partial charge on any atom is 0.242 e. The van der Waals surface area contributed by atoms with Crippen LogP contribution in [0.5, 0.6) is 0 Å². The van der Waals surface area contributed by atoms with Crippen molar-refractivity contribution < 1.29 is 4.79 Å². The lowest BCUT2D eigenvalue weighted by molar-refractivity contribution is -0.133. The minimum Gasteiger partial charge on any atom is -0.341 e. The number of hydrazine groups is 1.